The number of fused-ring (bicyclic) bond motifs is 5. The zero-order valence-corrected chi connectivity index (χ0v) is 28.0. The number of esters is 1. The lowest BCUT2D eigenvalue weighted by Crippen LogP contribution is -2.47. The number of carbonyl (C=O) groups is 1. The molecule has 240 valence electrons. The van der Waals surface area contributed by atoms with Gasteiger partial charge < -0.3 is 18.9 Å². The highest BCUT2D eigenvalue weighted by Gasteiger charge is 2.69. The molecule has 45 heavy (non-hydrogen) atoms. The third kappa shape index (κ3) is 6.12. The van der Waals surface area contributed by atoms with Crippen LogP contribution < -0.4 is 0 Å². The molecular formula is C40H50O5. The highest BCUT2D eigenvalue weighted by atomic mass is 16.7. The van der Waals surface area contributed by atoms with Gasteiger partial charge in [0.2, 0.25) is 0 Å². The molecule has 0 amide bonds. The number of hydrogen-bond acceptors (Lipinski definition) is 5. The van der Waals surface area contributed by atoms with E-state index in [-0.39, 0.29) is 23.2 Å². The Kier molecular flexibility index (Phi) is 8.52. The van der Waals surface area contributed by atoms with Gasteiger partial charge in [-0.25, -0.2) is 4.79 Å². The van der Waals surface area contributed by atoms with Crippen molar-refractivity contribution in [2.75, 3.05) is 0 Å². The Balaban J connectivity index is 1.37. The van der Waals surface area contributed by atoms with Crippen molar-refractivity contribution in [2.45, 2.75) is 110 Å². The van der Waals surface area contributed by atoms with Crippen LogP contribution in [0.5, 0.6) is 0 Å². The highest BCUT2D eigenvalue weighted by Crippen LogP contribution is 2.71. The smallest absolute Gasteiger partial charge is 0.339 e. The molecule has 1 heterocycles. The van der Waals surface area contributed by atoms with Crippen LogP contribution in [0.3, 0.4) is 0 Å². The minimum atomic E-state index is -1.30. The Hall–Kier alpha value is -2.99. The first kappa shape index (κ1) is 32.0. The first-order valence-electron chi connectivity index (χ1n) is 16.7. The van der Waals surface area contributed by atoms with Crippen molar-refractivity contribution in [3.63, 3.8) is 0 Å². The molecule has 3 aromatic carbocycles. The molecule has 0 radical (unpaired) electrons. The molecule has 1 saturated heterocycles. The van der Waals surface area contributed by atoms with Crippen molar-refractivity contribution in [1.29, 1.82) is 0 Å². The van der Waals surface area contributed by atoms with Crippen LogP contribution >= 0.6 is 0 Å². The van der Waals surface area contributed by atoms with Gasteiger partial charge in [-0.05, 0) is 79.9 Å². The van der Waals surface area contributed by atoms with E-state index < -0.39 is 29.4 Å². The average Bonchev–Trinajstić information content (AvgIpc) is 3.58. The summed E-state index contributed by atoms with van der Waals surface area (Å²) < 4.78 is 27.1. The van der Waals surface area contributed by atoms with Crippen molar-refractivity contribution < 1.29 is 23.7 Å². The van der Waals surface area contributed by atoms with Crippen molar-refractivity contribution in [2.24, 2.45) is 22.7 Å². The Morgan fingerprint density at radius 3 is 1.96 bits per heavy atom. The summed E-state index contributed by atoms with van der Waals surface area (Å²) in [5.74, 6) is 0.727. The van der Waals surface area contributed by atoms with Gasteiger partial charge in [-0.1, -0.05) is 112 Å². The van der Waals surface area contributed by atoms with E-state index in [9.17, 15) is 4.79 Å². The van der Waals surface area contributed by atoms with E-state index in [0.29, 0.717) is 18.3 Å². The van der Waals surface area contributed by atoms with Gasteiger partial charge in [0.05, 0.1) is 6.10 Å². The fourth-order valence-electron chi connectivity index (χ4n) is 8.46. The van der Waals surface area contributed by atoms with Crippen LogP contribution in [0.2, 0.25) is 0 Å². The first-order chi connectivity index (χ1) is 21.3. The summed E-state index contributed by atoms with van der Waals surface area (Å²) in [6.45, 7) is 14.8. The average molecular weight is 611 g/mol. The summed E-state index contributed by atoms with van der Waals surface area (Å²) in [4.78, 5) is 14.1. The van der Waals surface area contributed by atoms with E-state index in [4.69, 9.17) is 18.9 Å². The molecule has 5 nitrogen and oxygen atoms in total. The van der Waals surface area contributed by atoms with Gasteiger partial charge >= 0.3 is 5.97 Å². The molecule has 5 heteroatoms. The van der Waals surface area contributed by atoms with E-state index in [2.05, 4.69) is 45.0 Å². The summed E-state index contributed by atoms with van der Waals surface area (Å²) in [5.41, 5.74) is 1.34. The molecule has 8 atom stereocenters. The Morgan fingerprint density at radius 2 is 1.40 bits per heavy atom. The summed E-state index contributed by atoms with van der Waals surface area (Å²) in [6, 6.07) is 30.3. The normalized spacial score (nSPS) is 29.5. The van der Waals surface area contributed by atoms with Gasteiger partial charge in [0, 0.05) is 12.8 Å². The highest BCUT2D eigenvalue weighted by molar-refractivity contribution is 5.80. The van der Waals surface area contributed by atoms with Crippen LogP contribution in [0, 0.1) is 22.7 Å². The Bertz CT molecular complexity index is 1450. The number of ether oxygens (including phenoxy) is 4. The minimum Gasteiger partial charge on any atom is -0.458 e. The lowest BCUT2D eigenvalue weighted by atomic mass is 9.70. The van der Waals surface area contributed by atoms with Gasteiger partial charge in [0.1, 0.15) is 17.8 Å². The lowest BCUT2D eigenvalue weighted by Gasteiger charge is -2.40. The topological polar surface area (TPSA) is 54.0 Å². The maximum absolute atomic E-state index is 14.1. The van der Waals surface area contributed by atoms with E-state index in [0.717, 1.165) is 23.1 Å². The molecule has 2 aliphatic carbocycles. The van der Waals surface area contributed by atoms with Crippen LogP contribution in [0.4, 0.5) is 0 Å². The van der Waals surface area contributed by atoms with Crippen molar-refractivity contribution >= 4 is 5.97 Å². The lowest BCUT2D eigenvalue weighted by molar-refractivity contribution is -0.232. The minimum absolute atomic E-state index is 0.142. The second-order valence-corrected chi connectivity index (χ2v) is 15.5. The number of benzene rings is 3. The van der Waals surface area contributed by atoms with Crippen molar-refractivity contribution in [3.8, 4) is 0 Å². The number of rotatable bonds is 10. The predicted octanol–water partition coefficient (Wildman–Crippen LogP) is 9.03. The molecule has 6 rings (SSSR count). The first-order valence-corrected chi connectivity index (χ1v) is 16.7. The van der Waals surface area contributed by atoms with Crippen LogP contribution in [0.15, 0.2) is 91.0 Å². The molecule has 3 aromatic rings. The summed E-state index contributed by atoms with van der Waals surface area (Å²) in [6.07, 6.45) is 2.37. The molecule has 2 bridgehead atoms. The molecule has 0 spiro atoms. The van der Waals surface area contributed by atoms with Gasteiger partial charge in [-0.3, -0.25) is 0 Å². The number of hydrogen-bond donors (Lipinski definition) is 0. The van der Waals surface area contributed by atoms with Gasteiger partial charge in [-0.2, -0.15) is 0 Å². The third-order valence-electron chi connectivity index (χ3n) is 11.1. The van der Waals surface area contributed by atoms with Crippen LogP contribution in [0.25, 0.3) is 0 Å². The van der Waals surface area contributed by atoms with Gasteiger partial charge in [0.25, 0.3) is 0 Å². The maximum atomic E-state index is 14.1. The zero-order chi connectivity index (χ0) is 32.0. The second kappa shape index (κ2) is 12.0. The molecule has 3 aliphatic rings. The molecule has 0 N–H and O–H groups in total. The monoisotopic (exact) mass is 610 g/mol. The maximum Gasteiger partial charge on any atom is 0.339 e. The van der Waals surface area contributed by atoms with E-state index in [1.807, 2.05) is 94.4 Å². The van der Waals surface area contributed by atoms with Crippen LogP contribution in [-0.2, 0) is 30.2 Å². The quantitative estimate of drug-likeness (QED) is 0.214. The van der Waals surface area contributed by atoms with E-state index in [1.54, 1.807) is 0 Å². The van der Waals surface area contributed by atoms with Gasteiger partial charge in [0.15, 0.2) is 11.9 Å². The van der Waals surface area contributed by atoms with Crippen LogP contribution in [-0.4, -0.2) is 29.6 Å². The van der Waals surface area contributed by atoms with Crippen molar-refractivity contribution in [3.05, 3.63) is 108 Å². The fraction of sp³-hybridized carbons (Fsp3) is 0.525. The van der Waals surface area contributed by atoms with Gasteiger partial charge in [-0.15, -0.1) is 0 Å². The van der Waals surface area contributed by atoms with E-state index in [1.165, 1.54) is 12.8 Å². The Morgan fingerprint density at radius 1 is 0.844 bits per heavy atom. The molecule has 3 fully saturated rings. The molecular weight excluding hydrogens is 560 g/mol. The predicted molar refractivity (Wildman–Crippen MR) is 176 cm³/mol. The molecule has 0 aromatic heterocycles. The SMILES string of the molecule is CC(C)(C)OC(=O)C(C)(Cc1ccccc1)O[C@@H](c1ccccc1)[C@H](O[C@H]1C[C@@H]2[C@H]3CC[C@@](C)([C@@H]2O1)C3(C)C)c1ccccc1. The standard InChI is InChI=1S/C40H50O5/c1-37(2,3)45-36(41)40(7,26-27-17-11-8-12-18-27)44-34(29-21-15-10-16-22-29)33(28-19-13-9-14-20-28)42-32-25-30-31-23-24-39(6,35(30)43-32)38(31,4)5/h8-22,30-35H,23-26H2,1-7H3/t30-,31-,32-,33-,34+,35-,39+,40?/m1/s1. The summed E-state index contributed by atoms with van der Waals surface area (Å²) >= 11 is 0. The third-order valence-corrected chi connectivity index (χ3v) is 11.1. The molecule has 2 saturated carbocycles. The number of carbonyl (C=O) groups excluding carboxylic acids is 1. The largest absolute Gasteiger partial charge is 0.458 e. The molecule has 1 unspecified atom stereocenters. The summed E-state index contributed by atoms with van der Waals surface area (Å²) in [7, 11) is 0. The Labute approximate surface area is 269 Å². The zero-order valence-electron chi connectivity index (χ0n) is 28.0. The van der Waals surface area contributed by atoms with Crippen molar-refractivity contribution in [1.82, 2.24) is 0 Å². The fourth-order valence-corrected chi connectivity index (χ4v) is 8.46. The summed E-state index contributed by atoms with van der Waals surface area (Å²) in [5, 5.41) is 0. The van der Waals surface area contributed by atoms with Crippen LogP contribution in [0.1, 0.15) is 96.6 Å². The molecule has 1 aliphatic heterocycles. The second-order valence-electron chi connectivity index (χ2n) is 15.5. The van der Waals surface area contributed by atoms with E-state index >= 15 is 0 Å².